The van der Waals surface area contributed by atoms with E-state index in [0.29, 0.717) is 13.2 Å². The third kappa shape index (κ3) is 3.43. The maximum Gasteiger partial charge on any atom is 0.183 e. The van der Waals surface area contributed by atoms with Crippen LogP contribution >= 0.6 is 0 Å². The number of rotatable bonds is 3. The fraction of sp³-hybridized carbons (Fsp3) is 0.500. The third-order valence-corrected chi connectivity index (χ3v) is 4.85. The monoisotopic (exact) mass is 288 g/mol. The zero-order valence-electron chi connectivity index (χ0n) is 10.7. The molecule has 1 unspecified atom stereocenters. The van der Waals surface area contributed by atoms with Gasteiger partial charge in [-0.05, 0) is 25.2 Å². The molecule has 1 aromatic rings. The molecule has 1 saturated heterocycles. The zero-order chi connectivity index (χ0) is 14.0. The largest absolute Gasteiger partial charge is 0.399 e. The van der Waals surface area contributed by atoms with Crippen molar-refractivity contribution in [3.8, 4) is 0 Å². The van der Waals surface area contributed by atoms with Gasteiger partial charge in [-0.3, -0.25) is 0 Å². The second-order valence-electron chi connectivity index (χ2n) is 4.73. The number of anilines is 1. The summed E-state index contributed by atoms with van der Waals surface area (Å²) in [6, 6.07) is 3.59. The van der Waals surface area contributed by atoms with E-state index in [1.807, 2.05) is 11.9 Å². The van der Waals surface area contributed by atoms with E-state index >= 15 is 0 Å². The number of benzene rings is 1. The van der Waals surface area contributed by atoms with Crippen molar-refractivity contribution in [1.29, 1.82) is 0 Å². The molecule has 1 fully saturated rings. The van der Waals surface area contributed by atoms with Crippen LogP contribution in [0.25, 0.3) is 0 Å². The van der Waals surface area contributed by atoms with Crippen LogP contribution in [0.5, 0.6) is 0 Å². The van der Waals surface area contributed by atoms with E-state index in [4.69, 9.17) is 10.5 Å². The van der Waals surface area contributed by atoms with Crippen molar-refractivity contribution in [2.24, 2.45) is 0 Å². The Balaban J connectivity index is 2.18. The van der Waals surface area contributed by atoms with Crippen molar-refractivity contribution in [2.45, 2.75) is 11.0 Å². The molecule has 0 spiro atoms. The molecule has 0 saturated carbocycles. The van der Waals surface area contributed by atoms with Gasteiger partial charge in [-0.1, -0.05) is 0 Å². The first-order chi connectivity index (χ1) is 8.88. The number of ether oxygens (including phenoxy) is 1. The zero-order valence-corrected chi connectivity index (χ0v) is 11.5. The third-order valence-electron chi connectivity index (χ3n) is 3.04. The molecule has 19 heavy (non-hydrogen) atoms. The van der Waals surface area contributed by atoms with Gasteiger partial charge in [0.1, 0.15) is 10.7 Å². The van der Waals surface area contributed by atoms with Crippen LogP contribution in [0, 0.1) is 5.82 Å². The van der Waals surface area contributed by atoms with Gasteiger partial charge >= 0.3 is 0 Å². The Bertz CT molecular complexity index is 562. The van der Waals surface area contributed by atoms with Gasteiger partial charge < -0.3 is 15.4 Å². The van der Waals surface area contributed by atoms with Gasteiger partial charge in [-0.15, -0.1) is 0 Å². The number of hydrogen-bond donors (Lipinski definition) is 1. The second kappa shape index (κ2) is 5.44. The molecular weight excluding hydrogens is 271 g/mol. The summed E-state index contributed by atoms with van der Waals surface area (Å²) in [6.45, 7) is 1.78. The highest BCUT2D eigenvalue weighted by molar-refractivity contribution is 7.91. The smallest absolute Gasteiger partial charge is 0.183 e. The first-order valence-corrected chi connectivity index (χ1v) is 7.61. The number of hydrogen-bond acceptors (Lipinski definition) is 5. The average Bonchev–Trinajstić information content (AvgIpc) is 2.27. The summed E-state index contributed by atoms with van der Waals surface area (Å²) in [4.78, 5) is 1.67. The highest BCUT2D eigenvalue weighted by Crippen LogP contribution is 2.20. The lowest BCUT2D eigenvalue weighted by molar-refractivity contribution is -0.00681. The minimum Gasteiger partial charge on any atom is -0.399 e. The molecule has 7 heteroatoms. The Morgan fingerprint density at radius 1 is 1.53 bits per heavy atom. The van der Waals surface area contributed by atoms with Crippen molar-refractivity contribution in [3.05, 3.63) is 24.0 Å². The average molecular weight is 288 g/mol. The lowest BCUT2D eigenvalue weighted by Crippen LogP contribution is -2.43. The van der Waals surface area contributed by atoms with E-state index in [9.17, 15) is 12.8 Å². The summed E-state index contributed by atoms with van der Waals surface area (Å²) in [5.41, 5.74) is 5.61. The molecule has 1 atom stereocenters. The summed E-state index contributed by atoms with van der Waals surface area (Å²) < 4.78 is 43.4. The molecule has 0 radical (unpaired) electrons. The Labute approximate surface area is 112 Å². The summed E-state index contributed by atoms with van der Waals surface area (Å²) in [7, 11) is -1.82. The minimum absolute atomic E-state index is 0.199. The fourth-order valence-electron chi connectivity index (χ4n) is 2.07. The van der Waals surface area contributed by atoms with Gasteiger partial charge in [-0.2, -0.15) is 0 Å². The Morgan fingerprint density at radius 3 is 2.89 bits per heavy atom. The van der Waals surface area contributed by atoms with Crippen LogP contribution in [0.4, 0.5) is 10.1 Å². The quantitative estimate of drug-likeness (QED) is 0.821. The number of nitrogens with two attached hydrogens (primary N) is 1. The molecule has 0 bridgehead atoms. The standard InChI is InChI=1S/C12H17FN2O3S/c1-15-4-5-18-10(7-15)8-19(16,17)12-3-2-9(14)6-11(12)13/h2-3,6,10H,4-5,7-8,14H2,1H3. The lowest BCUT2D eigenvalue weighted by Gasteiger charge is -2.29. The molecular formula is C12H17FN2O3S. The van der Waals surface area contributed by atoms with Gasteiger partial charge in [-0.25, -0.2) is 12.8 Å². The van der Waals surface area contributed by atoms with Crippen LogP contribution in [0.2, 0.25) is 0 Å². The summed E-state index contributed by atoms with van der Waals surface area (Å²) in [6.07, 6.45) is -0.430. The number of nitrogens with zero attached hydrogens (tertiary/aromatic N) is 1. The number of sulfone groups is 1. The van der Waals surface area contributed by atoms with Crippen LogP contribution in [0.15, 0.2) is 23.1 Å². The van der Waals surface area contributed by atoms with Crippen molar-refractivity contribution < 1.29 is 17.5 Å². The molecule has 2 N–H and O–H groups in total. The van der Waals surface area contributed by atoms with Crippen molar-refractivity contribution >= 4 is 15.5 Å². The van der Waals surface area contributed by atoms with E-state index in [1.54, 1.807) is 0 Å². The van der Waals surface area contributed by atoms with E-state index in [2.05, 4.69) is 0 Å². The van der Waals surface area contributed by atoms with Crippen LogP contribution in [-0.4, -0.2) is 51.9 Å². The molecule has 1 aliphatic rings. The minimum atomic E-state index is -3.71. The highest BCUT2D eigenvalue weighted by Gasteiger charge is 2.27. The lowest BCUT2D eigenvalue weighted by atomic mass is 10.3. The molecule has 106 valence electrons. The Kier molecular flexibility index (Phi) is 4.07. The Morgan fingerprint density at radius 2 is 2.26 bits per heavy atom. The maximum atomic E-state index is 13.7. The summed E-state index contributed by atoms with van der Waals surface area (Å²) >= 11 is 0. The van der Waals surface area contributed by atoms with Crippen LogP contribution in [0.3, 0.4) is 0 Å². The van der Waals surface area contributed by atoms with Gasteiger partial charge in [0.25, 0.3) is 0 Å². The van der Waals surface area contributed by atoms with Gasteiger partial charge in [0.05, 0.1) is 18.5 Å². The number of likely N-dealkylation sites (N-methyl/N-ethyl adjacent to an activating group) is 1. The predicted molar refractivity (Wildman–Crippen MR) is 70.1 cm³/mol. The first-order valence-electron chi connectivity index (χ1n) is 5.96. The molecule has 5 nitrogen and oxygen atoms in total. The van der Waals surface area contributed by atoms with Gasteiger partial charge in [0, 0.05) is 18.8 Å². The predicted octanol–water partition coefficient (Wildman–Crippen LogP) is 0.512. The molecule has 1 aliphatic heterocycles. The van der Waals surface area contributed by atoms with Crippen LogP contribution in [0.1, 0.15) is 0 Å². The van der Waals surface area contributed by atoms with E-state index in [1.165, 1.54) is 12.1 Å². The maximum absolute atomic E-state index is 13.7. The van der Waals surface area contributed by atoms with Crippen LogP contribution in [-0.2, 0) is 14.6 Å². The SMILES string of the molecule is CN1CCOC(CS(=O)(=O)c2ccc(N)cc2F)C1. The molecule has 0 aliphatic carbocycles. The molecule has 0 aromatic heterocycles. The normalized spacial score (nSPS) is 21.5. The Hall–Kier alpha value is -1.18. The van der Waals surface area contributed by atoms with Crippen molar-refractivity contribution in [2.75, 3.05) is 38.2 Å². The van der Waals surface area contributed by atoms with E-state index in [-0.39, 0.29) is 16.3 Å². The van der Waals surface area contributed by atoms with Crippen LogP contribution < -0.4 is 5.73 Å². The topological polar surface area (TPSA) is 72.6 Å². The van der Waals surface area contributed by atoms with Crippen molar-refractivity contribution in [1.82, 2.24) is 4.90 Å². The molecule has 2 rings (SSSR count). The highest BCUT2D eigenvalue weighted by atomic mass is 32.2. The first kappa shape index (κ1) is 14.2. The number of halogens is 1. The van der Waals surface area contributed by atoms with Gasteiger partial charge in [0.2, 0.25) is 0 Å². The van der Waals surface area contributed by atoms with E-state index in [0.717, 1.165) is 12.6 Å². The second-order valence-corrected chi connectivity index (χ2v) is 6.73. The summed E-state index contributed by atoms with van der Waals surface area (Å²) in [5, 5.41) is 0. The summed E-state index contributed by atoms with van der Waals surface area (Å²) in [5.74, 6) is -1.04. The molecule has 0 amide bonds. The van der Waals surface area contributed by atoms with Gasteiger partial charge in [0.15, 0.2) is 9.84 Å². The molecule has 1 aromatic carbocycles. The van der Waals surface area contributed by atoms with Crippen molar-refractivity contribution in [3.63, 3.8) is 0 Å². The molecule has 1 heterocycles. The number of nitrogen functional groups attached to an aromatic ring is 1. The number of morpholine rings is 1. The van der Waals surface area contributed by atoms with E-state index < -0.39 is 21.8 Å². The fourth-order valence-corrected chi connectivity index (χ4v) is 3.57.